The third-order valence-corrected chi connectivity index (χ3v) is 27.4. The summed E-state index contributed by atoms with van der Waals surface area (Å²) in [6, 6.07) is 46.0. The Balaban J connectivity index is 0.000000131. The molecule has 4 aliphatic heterocycles. The molecule has 15 aromatic heterocycles. The quantitative estimate of drug-likeness (QED) is 0.0163. The Kier molecular flexibility index (Phi) is 33.0. The third kappa shape index (κ3) is 25.9. The number of nitrogens with two attached hydrogens (primary N) is 7. The Hall–Kier alpha value is -13.9. The fourth-order valence-electron chi connectivity index (χ4n) is 18.1. The molecule has 4 aliphatic rings. The molecule has 16 aromatic rings. The lowest BCUT2D eigenvalue weighted by molar-refractivity contribution is -0.913. The molecule has 0 aliphatic carbocycles. The minimum atomic E-state index is 0.256. The zero-order valence-corrected chi connectivity index (χ0v) is 86.3. The van der Waals surface area contributed by atoms with Gasteiger partial charge in [-0.3, -0.25) is 9.38 Å². The largest absolute Gasteiger partial charge is 0.475 e. The summed E-state index contributed by atoms with van der Waals surface area (Å²) in [5.74, 6) is 5.52. The highest BCUT2D eigenvalue weighted by Gasteiger charge is 2.32. The number of hydrogen-bond donors (Lipinski definition) is 12. The minimum absolute atomic E-state index is 0.256. The topological polar surface area (TPSA) is 395 Å². The first-order valence-corrected chi connectivity index (χ1v) is 49.5. The lowest BCUT2D eigenvalue weighted by atomic mass is 10.2. The maximum Gasteiger partial charge on any atom is 0.257 e. The molecule has 0 atom stereocenters. The van der Waals surface area contributed by atoms with Gasteiger partial charge in [0.2, 0.25) is 6.33 Å². The van der Waals surface area contributed by atoms with E-state index in [1.54, 1.807) is 9.03 Å². The van der Waals surface area contributed by atoms with Crippen LogP contribution in [0.25, 0.3) is 38.6 Å². The van der Waals surface area contributed by atoms with Crippen molar-refractivity contribution in [2.75, 3.05) is 306 Å². The molecule has 141 heavy (non-hydrogen) atoms. The molecule has 0 amide bonds. The van der Waals surface area contributed by atoms with Gasteiger partial charge >= 0.3 is 0 Å². The summed E-state index contributed by atoms with van der Waals surface area (Å²) in [4.78, 5) is 10.9. The Morgan fingerprint density at radius 3 is 1.40 bits per heavy atom. The summed E-state index contributed by atoms with van der Waals surface area (Å²) in [5.41, 5.74) is 62.0. The van der Waals surface area contributed by atoms with Crippen LogP contribution in [0.1, 0.15) is 48.7 Å². The molecule has 0 unspecified atom stereocenters. The zero-order chi connectivity index (χ0) is 101. The van der Waals surface area contributed by atoms with E-state index >= 15 is 0 Å². The summed E-state index contributed by atoms with van der Waals surface area (Å²) in [7, 11) is 26.4. The normalized spacial score (nSPS) is 15.5. The fourth-order valence-corrected chi connectivity index (χ4v) is 18.1. The fraction of sp³-hybridized carbons (Fsp3) is 0.437. The van der Waals surface area contributed by atoms with Crippen molar-refractivity contribution in [2.24, 2.45) is 7.05 Å². The summed E-state index contributed by atoms with van der Waals surface area (Å²) in [5, 5.41) is 50.8. The van der Waals surface area contributed by atoms with Crippen molar-refractivity contribution < 1.29 is 37.2 Å². The molecule has 1 aromatic carbocycles. The van der Waals surface area contributed by atoms with Gasteiger partial charge in [-0.15, -0.1) is 35.7 Å². The van der Waals surface area contributed by atoms with E-state index in [0.717, 1.165) is 249 Å². The molecule has 754 valence electrons. The Labute approximate surface area is 829 Å². The standard InChI is InChI=1S/C17H29N6.C16H20N5.C15H24N5.C14H18N5O.C14H22N5.C14H24N5.C13H19N5O/c1-3-12-23(2)13-10-21(11-14-23)9-7-19-17-16(18)15-6-4-5-8-22(15)20-17;1-21(2,3)13-9-7-12(8-10-13)18-16-15(17)14-6-4-5-11-20(14)19-16;1-11-5-6-13-14(16)15(17-19(13)12(11)2)18-7-9-20(3,4)10-8-18;1-17-8-9-18(11-17)6-4-10-20-14-13(15)12-5-2-3-7-19(12)16-14;1-19(2)10-5-7-17(9-11-19)14-13(15)12-6-3-4-8-18(12)16-14;1-10-6-7-12-13(15)14(17-18(12)11(10)2)16-8-9-19(3,4)5;14-12-11-3-1-2-4-18(11)15-13(12)17-7-5-16(6-8-17)9-10-19/h4-6,8H,3,7,9-14,18H2,1-2H3,(H,19,20);4-11H,17H2,1-3H3,(H,18,19);5-6H,7-10,16H2,1-4H3;2-3,5,7-9,11H,4,6,10,15H2,1H3;3-4,6,8H,5,7,9-11,15H2,1-2H3;6-7H,8-9,15H2,1-5H3,(H,16,17);1-4,19H,5-10,14H2/q6*+1;/p+1. The van der Waals surface area contributed by atoms with Crippen LogP contribution >= 0.6 is 0 Å². The number of anilines is 14. The van der Waals surface area contributed by atoms with Gasteiger partial charge in [-0.2, -0.15) is 0 Å². The first-order valence-electron chi connectivity index (χ1n) is 49.5. The van der Waals surface area contributed by atoms with Gasteiger partial charge in [-0.1, -0.05) is 49.4 Å². The first kappa shape index (κ1) is 103. The number of nitrogens with one attached hydrogen (secondary N) is 4. The van der Waals surface area contributed by atoms with Crippen LogP contribution in [0, 0.1) is 27.7 Å². The molecule has 19 N–H and O–H groups in total. The zero-order valence-electron chi connectivity index (χ0n) is 86.3. The number of aliphatic hydroxyl groups excluding tert-OH is 1. The number of fused-ring (bicyclic) bond motifs is 7. The number of quaternary nitrogens is 6. The highest BCUT2D eigenvalue weighted by Crippen LogP contribution is 2.35. The van der Waals surface area contributed by atoms with Gasteiger partial charge in [0.25, 0.3) is 5.88 Å². The molecular weight excluding hydrogens is 1770 g/mol. The predicted molar refractivity (Wildman–Crippen MR) is 576 cm³/mol. The number of likely N-dealkylation sites (N-methyl/N-ethyl adjacent to an activating group) is 4. The molecule has 0 spiro atoms. The maximum atomic E-state index is 8.97. The highest BCUT2D eigenvalue weighted by molar-refractivity contribution is 5.86. The van der Waals surface area contributed by atoms with Crippen molar-refractivity contribution in [1.29, 1.82) is 0 Å². The van der Waals surface area contributed by atoms with Crippen LogP contribution in [0.2, 0.25) is 0 Å². The van der Waals surface area contributed by atoms with E-state index in [2.05, 4.69) is 213 Å². The second kappa shape index (κ2) is 45.2. The average Bonchev–Trinajstić information content (AvgIpc) is 1.61. The summed E-state index contributed by atoms with van der Waals surface area (Å²) in [6.45, 7) is 35.8. The number of hydrogen-bond acceptors (Lipinski definition) is 23. The number of pyridine rings is 7. The number of aromatic nitrogens is 16. The van der Waals surface area contributed by atoms with E-state index < -0.39 is 0 Å². The van der Waals surface area contributed by atoms with Crippen molar-refractivity contribution in [3.8, 4) is 5.88 Å². The number of imidazole rings is 1. The number of benzene rings is 1. The summed E-state index contributed by atoms with van der Waals surface area (Å²) < 4.78 is 27.8. The van der Waals surface area contributed by atoms with Crippen LogP contribution in [0.15, 0.2) is 189 Å². The Morgan fingerprint density at radius 2 is 0.901 bits per heavy atom. The summed E-state index contributed by atoms with van der Waals surface area (Å²) >= 11 is 0. The minimum Gasteiger partial charge on any atom is -0.475 e. The molecule has 0 bridgehead atoms. The molecule has 20 rings (SSSR count). The van der Waals surface area contributed by atoms with Crippen molar-refractivity contribution in [3.63, 3.8) is 0 Å². The second-order valence-electron chi connectivity index (χ2n) is 41.2. The monoisotopic (exact) mass is 1930 g/mol. The first-order chi connectivity index (χ1) is 67.3. The van der Waals surface area contributed by atoms with Gasteiger partial charge in [-0.25, -0.2) is 40.7 Å². The Morgan fingerprint density at radius 1 is 0.454 bits per heavy atom. The number of ether oxygens (including phenoxy) is 1. The van der Waals surface area contributed by atoms with Crippen LogP contribution in [-0.4, -0.2) is 335 Å². The lowest BCUT2D eigenvalue weighted by Crippen LogP contribution is -3.15. The average molecular weight is 1930 g/mol. The van der Waals surface area contributed by atoms with Gasteiger partial charge in [-0.05, 0) is 130 Å². The van der Waals surface area contributed by atoms with E-state index in [9.17, 15) is 0 Å². The van der Waals surface area contributed by atoms with Crippen molar-refractivity contribution in [2.45, 2.75) is 60.4 Å². The lowest BCUT2D eigenvalue weighted by Gasteiger charge is -2.42. The molecule has 4 saturated heterocycles. The molecule has 0 radical (unpaired) electrons. The van der Waals surface area contributed by atoms with E-state index in [-0.39, 0.29) is 6.61 Å². The number of rotatable bonds is 23. The van der Waals surface area contributed by atoms with E-state index in [1.165, 1.54) is 78.3 Å². The molecular formula is C103H157N36O2+7. The van der Waals surface area contributed by atoms with E-state index in [1.807, 2.05) is 193 Å². The molecule has 38 nitrogen and oxygen atoms in total. The SMILES string of the molecule is CCC[N+]1(C)CCN(CCNc2nn3ccccc3c2N)CC1.C[N+](C)(C)c1ccc(Nc2nn3ccccc3c2N)cc1.C[N+]1(C)CCCN(c2nn3ccccc3c2N)CC1.C[n+]1ccn(CCCOc2nn3ccccc3c2N)c1.Cc1ccc2c(N)c(N3CC[N+](C)(C)CC3)nn2c1C.Cc1ccc2c(N)c(NCC[N+](C)(C)C)nn2c1C.Nc1c(N2CC[NH+](CCO)CC2)nn2ccccc12. The van der Waals surface area contributed by atoms with Crippen LogP contribution < -0.4 is 89.5 Å². The van der Waals surface area contributed by atoms with Crippen LogP contribution in [0.4, 0.5) is 86.1 Å². The van der Waals surface area contributed by atoms with Gasteiger partial charge in [0, 0.05) is 106 Å². The number of aliphatic hydroxyl groups is 1. The van der Waals surface area contributed by atoms with Gasteiger partial charge in [0.15, 0.2) is 34.9 Å². The Bertz CT molecular complexity index is 6770. The van der Waals surface area contributed by atoms with Gasteiger partial charge < -0.3 is 103 Å². The number of nitrogens with zero attached hydrogens (tertiary/aromatic N) is 25. The molecule has 4 fully saturated rings. The van der Waals surface area contributed by atoms with Crippen LogP contribution in [0.3, 0.4) is 0 Å². The summed E-state index contributed by atoms with van der Waals surface area (Å²) in [6.07, 6.45) is 19.0. The van der Waals surface area contributed by atoms with Crippen molar-refractivity contribution >= 4 is 125 Å². The van der Waals surface area contributed by atoms with Crippen molar-refractivity contribution in [3.05, 3.63) is 212 Å². The molecule has 19 heterocycles. The van der Waals surface area contributed by atoms with Crippen LogP contribution in [-0.2, 0) is 13.6 Å². The number of aryl methyl sites for hydroxylation is 6. The number of nitrogen functional groups attached to an aromatic ring is 7. The second-order valence-corrected chi connectivity index (χ2v) is 41.2. The number of piperazine rings is 3. The smallest absolute Gasteiger partial charge is 0.257 e. The van der Waals surface area contributed by atoms with E-state index in [4.69, 9.17) is 55.1 Å². The van der Waals surface area contributed by atoms with Crippen molar-refractivity contribution in [1.82, 2.24) is 81.2 Å². The van der Waals surface area contributed by atoms with E-state index in [0.29, 0.717) is 29.7 Å². The predicted octanol–water partition coefficient (Wildman–Crippen LogP) is 8.27. The highest BCUT2D eigenvalue weighted by atomic mass is 16.5. The maximum absolute atomic E-state index is 8.97. The third-order valence-electron chi connectivity index (χ3n) is 27.4. The molecule has 0 saturated carbocycles. The van der Waals surface area contributed by atoms with Gasteiger partial charge in [0.05, 0.1) is 248 Å². The van der Waals surface area contributed by atoms with Gasteiger partial charge in [0.1, 0.15) is 64.4 Å². The van der Waals surface area contributed by atoms with Crippen LogP contribution in [0.5, 0.6) is 5.88 Å². The molecule has 38 heteroatoms.